The third-order valence-electron chi connectivity index (χ3n) is 2.14. The van der Waals surface area contributed by atoms with Gasteiger partial charge in [0.05, 0.1) is 5.69 Å². The Balaban J connectivity index is 2.62. The van der Waals surface area contributed by atoms with E-state index in [2.05, 4.69) is 29.5 Å². The lowest BCUT2D eigenvalue weighted by atomic mass is 10.2. The molecule has 18 heavy (non-hydrogen) atoms. The Morgan fingerprint density at radius 3 is 2.39 bits per heavy atom. The molecular weight excluding hydrogens is 228 g/mol. The van der Waals surface area contributed by atoms with Crippen molar-refractivity contribution in [2.24, 2.45) is 16.3 Å². The van der Waals surface area contributed by atoms with Gasteiger partial charge in [-0.25, -0.2) is 0 Å². The van der Waals surface area contributed by atoms with Crippen molar-refractivity contribution in [3.63, 3.8) is 0 Å². The average molecular weight is 248 g/mol. The molecule has 5 heteroatoms. The van der Waals surface area contributed by atoms with Crippen LogP contribution in [0.5, 0.6) is 0 Å². The fraction of sp³-hybridized carbons (Fsp3) is 0.462. The Bertz CT molecular complexity index is 410. The first kappa shape index (κ1) is 14.2. The topological polar surface area (TPSA) is 57.1 Å². The molecule has 0 heterocycles. The number of nitrogens with zero attached hydrogens (tertiary/aromatic N) is 3. The molecule has 1 rings (SSSR count). The fourth-order valence-corrected chi connectivity index (χ4v) is 1.22. The molecule has 98 valence electrons. The summed E-state index contributed by atoms with van der Waals surface area (Å²) in [6.45, 7) is 4.80. The zero-order valence-electron chi connectivity index (χ0n) is 11.3. The van der Waals surface area contributed by atoms with Crippen molar-refractivity contribution in [3.05, 3.63) is 29.8 Å². The Hall–Kier alpha value is -1.91. The molecule has 1 aromatic carbocycles. The second kappa shape index (κ2) is 6.74. The van der Waals surface area contributed by atoms with Crippen LogP contribution < -0.4 is 5.32 Å². The van der Waals surface area contributed by atoms with E-state index in [1.54, 1.807) is 43.4 Å². The summed E-state index contributed by atoms with van der Waals surface area (Å²) >= 11 is 0. The van der Waals surface area contributed by atoms with E-state index in [1.165, 1.54) is 0 Å². The minimum absolute atomic E-state index is 0.0557. The Morgan fingerprint density at radius 1 is 1.28 bits per heavy atom. The Kier molecular flexibility index (Phi) is 5.30. The summed E-state index contributed by atoms with van der Waals surface area (Å²) in [6, 6.07) is 7.05. The van der Waals surface area contributed by atoms with Crippen LogP contribution in [0.1, 0.15) is 24.2 Å². The van der Waals surface area contributed by atoms with E-state index in [0.29, 0.717) is 18.0 Å². The molecule has 0 aromatic heterocycles. The minimum atomic E-state index is -0.0557. The molecule has 0 saturated carbocycles. The highest BCUT2D eigenvalue weighted by molar-refractivity contribution is 5.94. The predicted octanol–water partition coefficient (Wildman–Crippen LogP) is 2.63. The average Bonchev–Trinajstić information content (AvgIpc) is 2.34. The summed E-state index contributed by atoms with van der Waals surface area (Å²) in [6.07, 6.45) is 0. The maximum absolute atomic E-state index is 11.8. The maximum atomic E-state index is 11.8. The second-order valence-corrected chi connectivity index (χ2v) is 4.69. The van der Waals surface area contributed by atoms with Crippen LogP contribution in [0.4, 0.5) is 5.69 Å². The normalized spacial score (nSPS) is 10.9. The predicted molar refractivity (Wildman–Crippen MR) is 71.8 cm³/mol. The standard InChI is InChI=1S/C13H20N4O/c1-10(2)9-14-13(18)11-5-7-12(8-6-11)15-16-17(3)4/h5-8,10H,9H2,1-4H3,(H,14,18). The summed E-state index contributed by atoms with van der Waals surface area (Å²) in [4.78, 5) is 11.8. The van der Waals surface area contributed by atoms with E-state index in [4.69, 9.17) is 0 Å². The molecule has 0 atom stereocenters. The molecule has 1 aromatic rings. The van der Waals surface area contributed by atoms with Crippen molar-refractivity contribution in [3.8, 4) is 0 Å². The van der Waals surface area contributed by atoms with Crippen LogP contribution in [0.3, 0.4) is 0 Å². The van der Waals surface area contributed by atoms with Gasteiger partial charge in [0.25, 0.3) is 5.91 Å². The number of hydrogen-bond donors (Lipinski definition) is 1. The van der Waals surface area contributed by atoms with E-state index < -0.39 is 0 Å². The molecule has 0 spiro atoms. The number of benzene rings is 1. The molecule has 1 N–H and O–H groups in total. The van der Waals surface area contributed by atoms with Gasteiger partial charge in [-0.2, -0.15) is 0 Å². The van der Waals surface area contributed by atoms with Gasteiger partial charge in [0, 0.05) is 26.2 Å². The molecule has 0 saturated heterocycles. The first-order valence-corrected chi connectivity index (χ1v) is 5.96. The van der Waals surface area contributed by atoms with Crippen molar-refractivity contribution < 1.29 is 4.79 Å². The third kappa shape index (κ3) is 4.95. The van der Waals surface area contributed by atoms with Crippen LogP contribution >= 0.6 is 0 Å². The van der Waals surface area contributed by atoms with Crippen molar-refractivity contribution in [1.29, 1.82) is 0 Å². The highest BCUT2D eigenvalue weighted by Crippen LogP contribution is 2.13. The molecule has 0 fully saturated rings. The van der Waals surface area contributed by atoms with Gasteiger partial charge in [-0.15, -0.1) is 5.11 Å². The number of carbonyl (C=O) groups is 1. The van der Waals surface area contributed by atoms with Crippen LogP contribution in [0, 0.1) is 5.92 Å². The van der Waals surface area contributed by atoms with Crippen LogP contribution in [-0.2, 0) is 0 Å². The van der Waals surface area contributed by atoms with Gasteiger partial charge in [0.2, 0.25) is 0 Å². The summed E-state index contributed by atoms with van der Waals surface area (Å²) in [5.41, 5.74) is 1.36. The molecule has 0 bridgehead atoms. The highest BCUT2D eigenvalue weighted by atomic mass is 16.1. The highest BCUT2D eigenvalue weighted by Gasteiger charge is 2.05. The zero-order valence-corrected chi connectivity index (χ0v) is 11.3. The van der Waals surface area contributed by atoms with Gasteiger partial charge in [-0.3, -0.25) is 9.80 Å². The zero-order chi connectivity index (χ0) is 13.5. The number of rotatable bonds is 5. The molecule has 0 radical (unpaired) electrons. The van der Waals surface area contributed by atoms with Gasteiger partial charge in [-0.05, 0) is 30.2 Å². The van der Waals surface area contributed by atoms with Crippen molar-refractivity contribution in [1.82, 2.24) is 10.3 Å². The van der Waals surface area contributed by atoms with Crippen LogP contribution in [0.15, 0.2) is 34.6 Å². The summed E-state index contributed by atoms with van der Waals surface area (Å²) in [5, 5.41) is 12.4. The first-order valence-electron chi connectivity index (χ1n) is 5.96. The van der Waals surface area contributed by atoms with Gasteiger partial charge < -0.3 is 5.32 Å². The molecule has 1 amide bonds. The Morgan fingerprint density at radius 2 is 1.89 bits per heavy atom. The van der Waals surface area contributed by atoms with Crippen LogP contribution in [0.25, 0.3) is 0 Å². The van der Waals surface area contributed by atoms with Crippen LogP contribution in [-0.4, -0.2) is 31.6 Å². The molecule has 0 aliphatic rings. The molecule has 0 unspecified atom stereocenters. The van der Waals surface area contributed by atoms with Crippen LogP contribution in [0.2, 0.25) is 0 Å². The second-order valence-electron chi connectivity index (χ2n) is 4.69. The minimum Gasteiger partial charge on any atom is -0.352 e. The third-order valence-corrected chi connectivity index (χ3v) is 2.14. The SMILES string of the molecule is CC(C)CNC(=O)c1ccc(N=NN(C)C)cc1. The van der Waals surface area contributed by atoms with Crippen molar-refractivity contribution in [2.75, 3.05) is 20.6 Å². The van der Waals surface area contributed by atoms with E-state index in [9.17, 15) is 4.79 Å². The summed E-state index contributed by atoms with van der Waals surface area (Å²) in [7, 11) is 3.61. The van der Waals surface area contributed by atoms with Gasteiger partial charge >= 0.3 is 0 Å². The number of carbonyl (C=O) groups excluding carboxylic acids is 1. The molecule has 0 aliphatic heterocycles. The summed E-state index contributed by atoms with van der Waals surface area (Å²) in [5.74, 6) is 0.391. The van der Waals surface area contributed by atoms with E-state index in [1.807, 2.05) is 0 Å². The van der Waals surface area contributed by atoms with E-state index in [-0.39, 0.29) is 5.91 Å². The molecule has 5 nitrogen and oxygen atoms in total. The molecule has 0 aliphatic carbocycles. The van der Waals surface area contributed by atoms with Gasteiger partial charge in [0.1, 0.15) is 0 Å². The maximum Gasteiger partial charge on any atom is 0.251 e. The summed E-state index contributed by atoms with van der Waals surface area (Å²) < 4.78 is 0. The lowest BCUT2D eigenvalue weighted by molar-refractivity contribution is 0.0949. The number of hydrogen-bond acceptors (Lipinski definition) is 3. The van der Waals surface area contributed by atoms with E-state index >= 15 is 0 Å². The lowest BCUT2D eigenvalue weighted by Gasteiger charge is -2.07. The van der Waals surface area contributed by atoms with Gasteiger partial charge in [0.15, 0.2) is 0 Å². The fourth-order valence-electron chi connectivity index (χ4n) is 1.22. The first-order chi connectivity index (χ1) is 8.49. The van der Waals surface area contributed by atoms with E-state index in [0.717, 1.165) is 5.69 Å². The van der Waals surface area contributed by atoms with Gasteiger partial charge in [-0.1, -0.05) is 19.1 Å². The lowest BCUT2D eigenvalue weighted by Crippen LogP contribution is -2.27. The Labute approximate surface area is 108 Å². The number of nitrogens with one attached hydrogen (secondary N) is 1. The largest absolute Gasteiger partial charge is 0.352 e. The smallest absolute Gasteiger partial charge is 0.251 e. The number of amides is 1. The monoisotopic (exact) mass is 248 g/mol. The van der Waals surface area contributed by atoms with Crippen molar-refractivity contribution >= 4 is 11.6 Å². The quantitative estimate of drug-likeness (QED) is 0.643. The molecular formula is C13H20N4O. The van der Waals surface area contributed by atoms with Crippen molar-refractivity contribution in [2.45, 2.75) is 13.8 Å².